The second kappa shape index (κ2) is 7.25. The SMILES string of the molecule is O=C(O)c1ncc(C#CCOC2CCCCO2)cc1Cl. The number of halogens is 1. The third-order valence-electron chi connectivity index (χ3n) is 2.76. The van der Waals surface area contributed by atoms with Gasteiger partial charge in [0, 0.05) is 18.4 Å². The number of hydrogen-bond donors (Lipinski definition) is 1. The van der Waals surface area contributed by atoms with Gasteiger partial charge in [0.05, 0.1) is 5.02 Å². The van der Waals surface area contributed by atoms with Crippen LogP contribution < -0.4 is 0 Å². The molecule has 1 aromatic heterocycles. The average molecular weight is 296 g/mol. The number of ether oxygens (including phenoxy) is 2. The fraction of sp³-hybridized carbons (Fsp3) is 0.429. The highest BCUT2D eigenvalue weighted by Gasteiger charge is 2.13. The minimum absolute atomic E-state index is 0.0702. The molecule has 1 aromatic rings. The highest BCUT2D eigenvalue weighted by atomic mass is 35.5. The Hall–Kier alpha value is -1.61. The molecule has 0 aliphatic carbocycles. The van der Waals surface area contributed by atoms with Crippen LogP contribution in [0.2, 0.25) is 5.02 Å². The zero-order chi connectivity index (χ0) is 14.4. The molecule has 1 N–H and O–H groups in total. The van der Waals surface area contributed by atoms with E-state index in [1.54, 1.807) is 0 Å². The minimum Gasteiger partial charge on any atom is -0.476 e. The Morgan fingerprint density at radius 1 is 1.60 bits per heavy atom. The van der Waals surface area contributed by atoms with Gasteiger partial charge in [-0.2, -0.15) is 0 Å². The first kappa shape index (κ1) is 14.8. The number of hydrogen-bond acceptors (Lipinski definition) is 4. The average Bonchev–Trinajstić information content (AvgIpc) is 2.44. The highest BCUT2D eigenvalue weighted by molar-refractivity contribution is 6.33. The van der Waals surface area contributed by atoms with Crippen LogP contribution in [0.25, 0.3) is 0 Å². The first-order valence-corrected chi connectivity index (χ1v) is 6.65. The minimum atomic E-state index is -1.16. The van der Waals surface area contributed by atoms with Gasteiger partial charge in [-0.15, -0.1) is 0 Å². The maximum atomic E-state index is 10.8. The largest absolute Gasteiger partial charge is 0.476 e. The van der Waals surface area contributed by atoms with Crippen molar-refractivity contribution in [3.8, 4) is 11.8 Å². The summed E-state index contributed by atoms with van der Waals surface area (Å²) < 4.78 is 10.9. The standard InChI is InChI=1S/C14H14ClNO4/c15-11-8-10(9-16-13(11)14(17)18)4-3-7-20-12-5-1-2-6-19-12/h8-9,12H,1-2,5-7H2,(H,17,18). The molecule has 2 rings (SSSR count). The quantitative estimate of drug-likeness (QED) is 0.867. The number of pyridine rings is 1. The molecule has 0 amide bonds. The molecule has 0 saturated carbocycles. The Labute approximate surface area is 121 Å². The van der Waals surface area contributed by atoms with E-state index in [4.69, 9.17) is 26.2 Å². The fourth-order valence-corrected chi connectivity index (χ4v) is 2.03. The first-order valence-electron chi connectivity index (χ1n) is 6.28. The molecule has 106 valence electrons. The summed E-state index contributed by atoms with van der Waals surface area (Å²) in [6.07, 6.45) is 4.27. The summed E-state index contributed by atoms with van der Waals surface area (Å²) in [4.78, 5) is 14.5. The van der Waals surface area contributed by atoms with Gasteiger partial charge in [0.2, 0.25) is 0 Å². The zero-order valence-electron chi connectivity index (χ0n) is 10.8. The topological polar surface area (TPSA) is 68.7 Å². The van der Waals surface area contributed by atoms with Crippen LogP contribution in [0.1, 0.15) is 35.3 Å². The maximum Gasteiger partial charge on any atom is 0.356 e. The van der Waals surface area contributed by atoms with E-state index in [0.717, 1.165) is 25.9 Å². The molecule has 1 aliphatic heterocycles. The van der Waals surface area contributed by atoms with Gasteiger partial charge in [0.1, 0.15) is 6.61 Å². The number of rotatable bonds is 3. The van der Waals surface area contributed by atoms with Gasteiger partial charge >= 0.3 is 5.97 Å². The normalized spacial score (nSPS) is 18.1. The third-order valence-corrected chi connectivity index (χ3v) is 3.04. The summed E-state index contributed by atoms with van der Waals surface area (Å²) in [5.41, 5.74) is 0.372. The molecule has 0 radical (unpaired) electrons. The number of carboxylic acid groups (broad SMARTS) is 1. The van der Waals surface area contributed by atoms with Gasteiger partial charge in [-0.05, 0) is 25.3 Å². The van der Waals surface area contributed by atoms with Crippen LogP contribution in [-0.2, 0) is 9.47 Å². The van der Waals surface area contributed by atoms with Crippen LogP contribution in [0.15, 0.2) is 12.3 Å². The van der Waals surface area contributed by atoms with E-state index in [2.05, 4.69) is 16.8 Å². The molecule has 0 bridgehead atoms. The molecule has 1 saturated heterocycles. The first-order chi connectivity index (χ1) is 9.66. The lowest BCUT2D eigenvalue weighted by Gasteiger charge is -2.21. The van der Waals surface area contributed by atoms with Crippen molar-refractivity contribution < 1.29 is 19.4 Å². The lowest BCUT2D eigenvalue weighted by Crippen LogP contribution is -2.22. The van der Waals surface area contributed by atoms with Crippen LogP contribution in [0.4, 0.5) is 0 Å². The molecular formula is C14H14ClNO4. The zero-order valence-corrected chi connectivity index (χ0v) is 11.5. The maximum absolute atomic E-state index is 10.8. The molecule has 6 heteroatoms. The van der Waals surface area contributed by atoms with Gasteiger partial charge in [-0.3, -0.25) is 0 Å². The monoisotopic (exact) mass is 295 g/mol. The van der Waals surface area contributed by atoms with Crippen LogP contribution in [0.5, 0.6) is 0 Å². The van der Waals surface area contributed by atoms with E-state index >= 15 is 0 Å². The van der Waals surface area contributed by atoms with Crippen LogP contribution in [0.3, 0.4) is 0 Å². The molecule has 20 heavy (non-hydrogen) atoms. The van der Waals surface area contributed by atoms with Crippen molar-refractivity contribution >= 4 is 17.6 Å². The van der Waals surface area contributed by atoms with Crippen LogP contribution in [-0.4, -0.2) is 35.6 Å². The van der Waals surface area contributed by atoms with Crippen molar-refractivity contribution in [2.75, 3.05) is 13.2 Å². The fourth-order valence-electron chi connectivity index (χ4n) is 1.78. The molecule has 0 aromatic carbocycles. The number of aromatic nitrogens is 1. The molecule has 1 aliphatic rings. The Morgan fingerprint density at radius 3 is 3.10 bits per heavy atom. The van der Waals surface area contributed by atoms with E-state index in [1.165, 1.54) is 12.3 Å². The molecule has 1 fully saturated rings. The van der Waals surface area contributed by atoms with E-state index in [9.17, 15) is 4.79 Å². The molecule has 5 nitrogen and oxygen atoms in total. The van der Waals surface area contributed by atoms with Crippen molar-refractivity contribution in [1.29, 1.82) is 0 Å². The van der Waals surface area contributed by atoms with Crippen molar-refractivity contribution in [2.45, 2.75) is 25.6 Å². The second-order valence-corrected chi connectivity index (χ2v) is 4.68. The molecular weight excluding hydrogens is 282 g/mol. The summed E-state index contributed by atoms with van der Waals surface area (Å²) >= 11 is 5.80. The lowest BCUT2D eigenvalue weighted by atomic mass is 10.2. The second-order valence-electron chi connectivity index (χ2n) is 4.27. The van der Waals surface area contributed by atoms with Gasteiger partial charge in [-0.1, -0.05) is 23.4 Å². The number of aromatic carboxylic acids is 1. The number of nitrogens with zero attached hydrogens (tertiary/aromatic N) is 1. The van der Waals surface area contributed by atoms with Gasteiger partial charge < -0.3 is 14.6 Å². The Bertz CT molecular complexity index is 544. The summed E-state index contributed by atoms with van der Waals surface area (Å²) in [7, 11) is 0. The Morgan fingerprint density at radius 2 is 2.45 bits per heavy atom. The smallest absolute Gasteiger partial charge is 0.356 e. The van der Waals surface area contributed by atoms with Gasteiger partial charge in [-0.25, -0.2) is 9.78 Å². The van der Waals surface area contributed by atoms with Crippen molar-refractivity contribution in [2.24, 2.45) is 0 Å². The highest BCUT2D eigenvalue weighted by Crippen LogP contribution is 2.15. The predicted octanol–water partition coefficient (Wildman–Crippen LogP) is 2.33. The van der Waals surface area contributed by atoms with E-state index in [0.29, 0.717) is 5.56 Å². The van der Waals surface area contributed by atoms with E-state index < -0.39 is 5.97 Å². The number of carbonyl (C=O) groups is 1. The Kier molecular flexibility index (Phi) is 5.36. The summed E-state index contributed by atoms with van der Waals surface area (Å²) in [6, 6.07) is 1.47. The third kappa shape index (κ3) is 4.20. The summed E-state index contributed by atoms with van der Waals surface area (Å²) in [5, 5.41) is 8.87. The summed E-state index contributed by atoms with van der Waals surface area (Å²) in [5.74, 6) is 4.49. The molecule has 2 heterocycles. The van der Waals surface area contributed by atoms with Crippen molar-refractivity contribution in [1.82, 2.24) is 4.98 Å². The summed E-state index contributed by atoms with van der Waals surface area (Å²) in [6.45, 7) is 0.983. The van der Waals surface area contributed by atoms with Crippen LogP contribution in [0, 0.1) is 11.8 Å². The van der Waals surface area contributed by atoms with Crippen LogP contribution >= 0.6 is 11.6 Å². The Balaban J connectivity index is 1.88. The van der Waals surface area contributed by atoms with Crippen molar-refractivity contribution in [3.63, 3.8) is 0 Å². The van der Waals surface area contributed by atoms with Gasteiger partial charge in [0.15, 0.2) is 12.0 Å². The molecule has 1 atom stereocenters. The predicted molar refractivity (Wildman–Crippen MR) is 72.6 cm³/mol. The number of carboxylic acids is 1. The lowest BCUT2D eigenvalue weighted by molar-refractivity contribution is -0.154. The van der Waals surface area contributed by atoms with Crippen molar-refractivity contribution in [3.05, 3.63) is 28.5 Å². The molecule has 1 unspecified atom stereocenters. The van der Waals surface area contributed by atoms with E-state index in [-0.39, 0.29) is 23.6 Å². The van der Waals surface area contributed by atoms with E-state index in [1.807, 2.05) is 0 Å². The van der Waals surface area contributed by atoms with Gasteiger partial charge in [0.25, 0.3) is 0 Å². The molecule has 0 spiro atoms.